The zero-order valence-corrected chi connectivity index (χ0v) is 8.18. The van der Waals surface area contributed by atoms with Gasteiger partial charge in [0.2, 0.25) is 0 Å². The van der Waals surface area contributed by atoms with Gasteiger partial charge >= 0.3 is 12.1 Å². The number of rotatable bonds is 0. The summed E-state index contributed by atoms with van der Waals surface area (Å²) in [7, 11) is 0. The van der Waals surface area contributed by atoms with E-state index in [1.54, 1.807) is 26.0 Å². The van der Waals surface area contributed by atoms with Gasteiger partial charge in [-0.2, -0.15) is 0 Å². The fourth-order valence-electron chi connectivity index (χ4n) is 1.49. The van der Waals surface area contributed by atoms with E-state index in [0.717, 1.165) is 10.0 Å². The van der Waals surface area contributed by atoms with Crippen LogP contribution in [0.15, 0.2) is 12.2 Å². The van der Waals surface area contributed by atoms with E-state index in [4.69, 9.17) is 11.5 Å². The summed E-state index contributed by atoms with van der Waals surface area (Å²) in [5, 5.41) is 2.29. The van der Waals surface area contributed by atoms with Gasteiger partial charge in [0.25, 0.3) is 0 Å². The second-order valence-electron chi connectivity index (χ2n) is 3.23. The number of nitrogens with zero attached hydrogens (tertiary/aromatic N) is 2. The standard InChI is InChI=1S/C8H14N4O2/c1-5-3-4-6(2)12(8(10)14)11(5)7(9)13/h3-6H,1-2H3,(H2,9,13)(H2,10,14)/t5-,6-/m1/s1. The normalized spacial score (nSPS) is 26.4. The van der Waals surface area contributed by atoms with Crippen LogP contribution in [0.1, 0.15) is 13.8 Å². The molecule has 4 N–H and O–H groups in total. The molecule has 0 unspecified atom stereocenters. The van der Waals surface area contributed by atoms with Crippen LogP contribution in [0.2, 0.25) is 0 Å². The molecule has 0 aliphatic carbocycles. The first-order valence-corrected chi connectivity index (χ1v) is 4.30. The highest BCUT2D eigenvalue weighted by molar-refractivity contribution is 5.79. The fourth-order valence-corrected chi connectivity index (χ4v) is 1.49. The van der Waals surface area contributed by atoms with Gasteiger partial charge in [0.05, 0.1) is 12.1 Å². The van der Waals surface area contributed by atoms with E-state index in [9.17, 15) is 9.59 Å². The summed E-state index contributed by atoms with van der Waals surface area (Å²) in [5.74, 6) is 0. The first-order chi connectivity index (χ1) is 6.45. The summed E-state index contributed by atoms with van der Waals surface area (Å²) in [6.07, 6.45) is 3.60. The van der Waals surface area contributed by atoms with Gasteiger partial charge in [-0.05, 0) is 13.8 Å². The Labute approximate surface area is 82.1 Å². The molecule has 0 aromatic heterocycles. The predicted octanol–water partition coefficient (Wildman–Crippen LogP) is 0.00960. The summed E-state index contributed by atoms with van der Waals surface area (Å²) in [4.78, 5) is 22.2. The van der Waals surface area contributed by atoms with Gasteiger partial charge < -0.3 is 11.5 Å². The van der Waals surface area contributed by atoms with Crippen molar-refractivity contribution in [3.05, 3.63) is 12.2 Å². The number of hydrogen-bond donors (Lipinski definition) is 2. The van der Waals surface area contributed by atoms with Gasteiger partial charge in [0.1, 0.15) is 0 Å². The third-order valence-corrected chi connectivity index (χ3v) is 2.12. The average Bonchev–Trinajstić information content (AvgIpc) is 2.07. The zero-order chi connectivity index (χ0) is 10.9. The van der Waals surface area contributed by atoms with Crippen LogP contribution in [0.4, 0.5) is 9.59 Å². The molecular formula is C8H14N4O2. The second-order valence-corrected chi connectivity index (χ2v) is 3.23. The molecule has 1 rings (SSSR count). The Morgan fingerprint density at radius 3 is 1.50 bits per heavy atom. The highest BCUT2D eigenvalue weighted by Crippen LogP contribution is 2.16. The van der Waals surface area contributed by atoms with Crippen LogP contribution in [0, 0.1) is 0 Å². The quantitative estimate of drug-likeness (QED) is 0.536. The Hall–Kier alpha value is -1.72. The molecule has 4 amide bonds. The largest absolute Gasteiger partial charge is 0.350 e. The summed E-state index contributed by atoms with van der Waals surface area (Å²) in [6.45, 7) is 3.51. The van der Waals surface area contributed by atoms with Crippen LogP contribution in [0.25, 0.3) is 0 Å². The van der Waals surface area contributed by atoms with Gasteiger partial charge in [-0.1, -0.05) is 12.2 Å². The van der Waals surface area contributed by atoms with Crippen LogP contribution in [0.5, 0.6) is 0 Å². The lowest BCUT2D eigenvalue weighted by molar-refractivity contribution is 0.0166. The molecule has 1 heterocycles. The lowest BCUT2D eigenvalue weighted by atomic mass is 10.2. The Bertz CT molecular complexity index is 261. The molecule has 0 fully saturated rings. The van der Waals surface area contributed by atoms with Gasteiger partial charge in [-0.15, -0.1) is 0 Å². The number of nitrogens with two attached hydrogens (primary N) is 2. The molecule has 0 bridgehead atoms. The lowest BCUT2D eigenvalue weighted by Crippen LogP contribution is -2.61. The van der Waals surface area contributed by atoms with Crippen molar-refractivity contribution in [3.63, 3.8) is 0 Å². The van der Waals surface area contributed by atoms with Crippen LogP contribution < -0.4 is 11.5 Å². The van der Waals surface area contributed by atoms with Crippen LogP contribution in [-0.4, -0.2) is 34.2 Å². The van der Waals surface area contributed by atoms with Crippen molar-refractivity contribution < 1.29 is 9.59 Å². The van der Waals surface area contributed by atoms with E-state index in [-0.39, 0.29) is 12.1 Å². The van der Waals surface area contributed by atoms with Crippen LogP contribution in [-0.2, 0) is 0 Å². The Kier molecular flexibility index (Phi) is 2.64. The zero-order valence-electron chi connectivity index (χ0n) is 8.18. The summed E-state index contributed by atoms with van der Waals surface area (Å²) in [6, 6.07) is -1.88. The fraction of sp³-hybridized carbons (Fsp3) is 0.500. The molecule has 2 atom stereocenters. The minimum absolute atomic E-state index is 0.254. The molecule has 6 nitrogen and oxygen atoms in total. The highest BCUT2D eigenvalue weighted by Gasteiger charge is 2.32. The maximum absolute atomic E-state index is 11.1. The topological polar surface area (TPSA) is 92.7 Å². The summed E-state index contributed by atoms with van der Waals surface area (Å²) < 4.78 is 0. The maximum Gasteiger partial charge on any atom is 0.334 e. The van der Waals surface area contributed by atoms with Gasteiger partial charge in [-0.3, -0.25) is 0 Å². The monoisotopic (exact) mass is 198 g/mol. The molecule has 0 saturated heterocycles. The van der Waals surface area contributed by atoms with Crippen molar-refractivity contribution in [2.24, 2.45) is 11.5 Å². The van der Waals surface area contributed by atoms with Gasteiger partial charge in [0.15, 0.2) is 0 Å². The molecule has 78 valence electrons. The molecule has 14 heavy (non-hydrogen) atoms. The third-order valence-electron chi connectivity index (χ3n) is 2.12. The van der Waals surface area contributed by atoms with Crippen molar-refractivity contribution in [3.8, 4) is 0 Å². The minimum atomic E-state index is -0.687. The van der Waals surface area contributed by atoms with E-state index in [1.165, 1.54) is 0 Å². The second kappa shape index (κ2) is 3.57. The van der Waals surface area contributed by atoms with Crippen LogP contribution in [0.3, 0.4) is 0 Å². The van der Waals surface area contributed by atoms with Crippen molar-refractivity contribution in [2.45, 2.75) is 25.9 Å². The van der Waals surface area contributed by atoms with E-state index < -0.39 is 12.1 Å². The van der Waals surface area contributed by atoms with E-state index in [2.05, 4.69) is 0 Å². The average molecular weight is 198 g/mol. The molecular weight excluding hydrogens is 184 g/mol. The van der Waals surface area contributed by atoms with Gasteiger partial charge in [-0.25, -0.2) is 19.6 Å². The number of amides is 4. The molecule has 0 spiro atoms. The maximum atomic E-state index is 11.1. The van der Waals surface area contributed by atoms with E-state index in [0.29, 0.717) is 0 Å². The molecule has 6 heteroatoms. The minimum Gasteiger partial charge on any atom is -0.350 e. The molecule has 1 aliphatic rings. The molecule has 1 aliphatic heterocycles. The van der Waals surface area contributed by atoms with Crippen molar-refractivity contribution >= 4 is 12.1 Å². The number of carbonyl (C=O) groups excluding carboxylic acids is 2. The summed E-state index contributed by atoms with van der Waals surface area (Å²) in [5.41, 5.74) is 10.3. The molecule has 0 saturated carbocycles. The molecule has 0 aromatic rings. The first kappa shape index (κ1) is 10.4. The predicted molar refractivity (Wildman–Crippen MR) is 50.9 cm³/mol. The van der Waals surface area contributed by atoms with Crippen molar-refractivity contribution in [2.75, 3.05) is 0 Å². The number of carbonyl (C=O) groups is 2. The van der Waals surface area contributed by atoms with E-state index >= 15 is 0 Å². The lowest BCUT2D eigenvalue weighted by Gasteiger charge is -2.41. The first-order valence-electron chi connectivity index (χ1n) is 4.30. The van der Waals surface area contributed by atoms with Gasteiger partial charge in [0, 0.05) is 0 Å². The Morgan fingerprint density at radius 2 is 1.29 bits per heavy atom. The number of primary amides is 2. The van der Waals surface area contributed by atoms with E-state index in [1.807, 2.05) is 0 Å². The Morgan fingerprint density at radius 1 is 1.00 bits per heavy atom. The third kappa shape index (κ3) is 1.63. The molecule has 0 aromatic carbocycles. The SMILES string of the molecule is C[C@@H]1C=C[C@@H](C)N(C(N)=O)N1C(N)=O. The van der Waals surface area contributed by atoms with Crippen molar-refractivity contribution in [1.29, 1.82) is 0 Å². The molecule has 0 radical (unpaired) electrons. The van der Waals surface area contributed by atoms with Crippen molar-refractivity contribution in [1.82, 2.24) is 10.0 Å². The van der Waals surface area contributed by atoms with Crippen LogP contribution >= 0.6 is 0 Å². The Balaban J connectivity index is 3.02. The number of hydrogen-bond acceptors (Lipinski definition) is 2. The summed E-state index contributed by atoms with van der Waals surface area (Å²) >= 11 is 0. The highest BCUT2D eigenvalue weighted by atomic mass is 16.2. The number of hydrazine groups is 1. The number of urea groups is 2. The smallest absolute Gasteiger partial charge is 0.334 e.